The Morgan fingerprint density at radius 3 is 2.67 bits per heavy atom. The fourth-order valence-electron chi connectivity index (χ4n) is 2.46. The van der Waals surface area contributed by atoms with Gasteiger partial charge in [0.15, 0.2) is 0 Å². The molecular formula is C14H21NO3. The number of carbonyl (C=O) groups excluding carboxylic acids is 1. The molecule has 1 fully saturated rings. The van der Waals surface area contributed by atoms with Crippen molar-refractivity contribution in [3.05, 3.63) is 23.2 Å². The highest BCUT2D eigenvalue weighted by Gasteiger charge is 2.29. The summed E-state index contributed by atoms with van der Waals surface area (Å²) >= 11 is 0. The number of aryl methyl sites for hydroxylation is 2. The first kappa shape index (κ1) is 13.1. The van der Waals surface area contributed by atoms with Crippen molar-refractivity contribution in [3.8, 4) is 0 Å². The monoisotopic (exact) mass is 251 g/mol. The van der Waals surface area contributed by atoms with Crippen LogP contribution in [0.5, 0.6) is 0 Å². The Morgan fingerprint density at radius 2 is 2.17 bits per heavy atom. The van der Waals surface area contributed by atoms with Crippen LogP contribution in [-0.4, -0.2) is 18.1 Å². The second-order valence-corrected chi connectivity index (χ2v) is 5.11. The Bertz CT molecular complexity index is 438. The number of carbonyl (C=O) groups is 1. The van der Waals surface area contributed by atoms with Crippen molar-refractivity contribution < 1.29 is 13.9 Å². The van der Waals surface area contributed by atoms with Gasteiger partial charge in [-0.1, -0.05) is 0 Å². The molecule has 1 saturated heterocycles. The number of rotatable bonds is 3. The van der Waals surface area contributed by atoms with Gasteiger partial charge in [-0.25, -0.2) is 0 Å². The summed E-state index contributed by atoms with van der Waals surface area (Å²) in [6, 6.07) is 1.92. The van der Waals surface area contributed by atoms with Gasteiger partial charge < -0.3 is 14.5 Å². The molecule has 18 heavy (non-hydrogen) atoms. The van der Waals surface area contributed by atoms with Crippen LogP contribution in [0.1, 0.15) is 49.8 Å². The zero-order valence-electron chi connectivity index (χ0n) is 11.4. The van der Waals surface area contributed by atoms with Gasteiger partial charge in [0.1, 0.15) is 17.6 Å². The molecule has 1 aliphatic rings. The van der Waals surface area contributed by atoms with E-state index in [4.69, 9.17) is 9.15 Å². The van der Waals surface area contributed by atoms with Crippen LogP contribution in [0.3, 0.4) is 0 Å². The van der Waals surface area contributed by atoms with Crippen molar-refractivity contribution in [1.82, 2.24) is 5.32 Å². The molecule has 4 nitrogen and oxygen atoms in total. The van der Waals surface area contributed by atoms with Crippen LogP contribution in [0.2, 0.25) is 0 Å². The third-order valence-electron chi connectivity index (χ3n) is 3.43. The highest BCUT2D eigenvalue weighted by atomic mass is 16.5. The molecule has 3 atom stereocenters. The molecular weight excluding hydrogens is 230 g/mol. The second-order valence-electron chi connectivity index (χ2n) is 5.11. The summed E-state index contributed by atoms with van der Waals surface area (Å²) in [6.07, 6.45) is 1.66. The predicted octanol–water partition coefficient (Wildman–Crippen LogP) is 2.64. The van der Waals surface area contributed by atoms with Crippen LogP contribution >= 0.6 is 0 Å². The molecule has 1 aliphatic heterocycles. The Morgan fingerprint density at radius 1 is 1.44 bits per heavy atom. The second kappa shape index (κ2) is 5.14. The molecule has 1 amide bonds. The van der Waals surface area contributed by atoms with E-state index in [1.54, 1.807) is 0 Å². The number of nitrogens with one attached hydrogen (secondary N) is 1. The van der Waals surface area contributed by atoms with E-state index in [2.05, 4.69) is 5.32 Å². The lowest BCUT2D eigenvalue weighted by atomic mass is 10.1. The molecule has 2 heterocycles. The SMILES string of the molecule is Cc1cc(C(C)NC(=O)C2CCC(C)O2)c(C)o1. The van der Waals surface area contributed by atoms with Crippen LogP contribution < -0.4 is 5.32 Å². The van der Waals surface area contributed by atoms with E-state index in [1.165, 1.54) is 0 Å². The lowest BCUT2D eigenvalue weighted by Gasteiger charge is -2.16. The molecule has 0 radical (unpaired) electrons. The van der Waals surface area contributed by atoms with Crippen LogP contribution in [-0.2, 0) is 9.53 Å². The summed E-state index contributed by atoms with van der Waals surface area (Å²) in [5.74, 6) is 1.71. The van der Waals surface area contributed by atoms with Crippen LogP contribution in [0.25, 0.3) is 0 Å². The molecule has 0 bridgehead atoms. The molecule has 0 aliphatic carbocycles. The smallest absolute Gasteiger partial charge is 0.249 e. The van der Waals surface area contributed by atoms with Gasteiger partial charge in [0.25, 0.3) is 0 Å². The van der Waals surface area contributed by atoms with Crippen molar-refractivity contribution >= 4 is 5.91 Å². The third kappa shape index (κ3) is 2.75. The number of furan rings is 1. The molecule has 0 aromatic carbocycles. The molecule has 0 spiro atoms. The van der Waals surface area contributed by atoms with Crippen molar-refractivity contribution in [3.63, 3.8) is 0 Å². The van der Waals surface area contributed by atoms with Crippen LogP contribution in [0, 0.1) is 13.8 Å². The van der Waals surface area contributed by atoms with Crippen LogP contribution in [0.4, 0.5) is 0 Å². The fraction of sp³-hybridized carbons (Fsp3) is 0.643. The van der Waals surface area contributed by atoms with E-state index < -0.39 is 0 Å². The molecule has 2 rings (SSSR count). The summed E-state index contributed by atoms with van der Waals surface area (Å²) in [7, 11) is 0. The summed E-state index contributed by atoms with van der Waals surface area (Å²) in [4.78, 5) is 12.0. The summed E-state index contributed by atoms with van der Waals surface area (Å²) in [5, 5.41) is 2.99. The topological polar surface area (TPSA) is 51.5 Å². The molecule has 100 valence electrons. The van der Waals surface area contributed by atoms with Gasteiger partial charge in [-0.2, -0.15) is 0 Å². The zero-order valence-corrected chi connectivity index (χ0v) is 11.4. The highest BCUT2D eigenvalue weighted by Crippen LogP contribution is 2.23. The van der Waals surface area contributed by atoms with Gasteiger partial charge in [0.05, 0.1) is 12.1 Å². The maximum absolute atomic E-state index is 12.0. The predicted molar refractivity (Wildman–Crippen MR) is 68.3 cm³/mol. The quantitative estimate of drug-likeness (QED) is 0.898. The van der Waals surface area contributed by atoms with E-state index >= 15 is 0 Å². The first-order valence-electron chi connectivity index (χ1n) is 6.50. The van der Waals surface area contributed by atoms with Gasteiger partial charge in [-0.3, -0.25) is 4.79 Å². The number of hydrogen-bond donors (Lipinski definition) is 1. The minimum atomic E-state index is -0.296. The average Bonchev–Trinajstić information content (AvgIpc) is 2.84. The van der Waals surface area contributed by atoms with Gasteiger partial charge in [0.2, 0.25) is 5.91 Å². The number of hydrogen-bond acceptors (Lipinski definition) is 3. The summed E-state index contributed by atoms with van der Waals surface area (Å²) < 4.78 is 11.0. The minimum Gasteiger partial charge on any atom is -0.466 e. The lowest BCUT2D eigenvalue weighted by Crippen LogP contribution is -2.36. The summed E-state index contributed by atoms with van der Waals surface area (Å²) in [6.45, 7) is 7.79. The maximum atomic E-state index is 12.0. The maximum Gasteiger partial charge on any atom is 0.249 e. The Labute approximate surface area is 108 Å². The van der Waals surface area contributed by atoms with E-state index in [0.717, 1.165) is 29.9 Å². The first-order chi connectivity index (χ1) is 8.47. The molecule has 3 unspecified atom stereocenters. The third-order valence-corrected chi connectivity index (χ3v) is 3.43. The highest BCUT2D eigenvalue weighted by molar-refractivity contribution is 5.81. The summed E-state index contributed by atoms with van der Waals surface area (Å²) in [5.41, 5.74) is 1.03. The van der Waals surface area contributed by atoms with Gasteiger partial charge >= 0.3 is 0 Å². The minimum absolute atomic E-state index is 0.0231. The van der Waals surface area contributed by atoms with Crippen LogP contribution in [0.15, 0.2) is 10.5 Å². The van der Waals surface area contributed by atoms with E-state index in [-0.39, 0.29) is 24.2 Å². The van der Waals surface area contributed by atoms with Crippen molar-refractivity contribution in [1.29, 1.82) is 0 Å². The van der Waals surface area contributed by atoms with Crippen molar-refractivity contribution in [2.45, 2.75) is 58.8 Å². The standard InChI is InChI=1S/C14H21NO3/c1-8-5-6-13(18-8)14(16)15-10(3)12-7-9(2)17-11(12)4/h7-8,10,13H,5-6H2,1-4H3,(H,15,16). The zero-order chi connectivity index (χ0) is 13.3. The molecule has 1 aromatic rings. The molecule has 0 saturated carbocycles. The first-order valence-corrected chi connectivity index (χ1v) is 6.50. The van der Waals surface area contributed by atoms with E-state index in [0.29, 0.717) is 0 Å². The molecule has 1 N–H and O–H groups in total. The fourth-order valence-corrected chi connectivity index (χ4v) is 2.46. The Kier molecular flexibility index (Phi) is 3.76. The average molecular weight is 251 g/mol. The van der Waals surface area contributed by atoms with Gasteiger partial charge in [0, 0.05) is 5.56 Å². The number of amides is 1. The lowest BCUT2D eigenvalue weighted by molar-refractivity contribution is -0.132. The van der Waals surface area contributed by atoms with Crippen molar-refractivity contribution in [2.24, 2.45) is 0 Å². The van der Waals surface area contributed by atoms with Gasteiger partial charge in [-0.15, -0.1) is 0 Å². The van der Waals surface area contributed by atoms with E-state index in [1.807, 2.05) is 33.8 Å². The normalized spacial score (nSPS) is 25.1. The molecule has 1 aromatic heterocycles. The Hall–Kier alpha value is -1.29. The largest absolute Gasteiger partial charge is 0.466 e. The molecule has 4 heteroatoms. The Balaban J connectivity index is 1.97. The van der Waals surface area contributed by atoms with Crippen molar-refractivity contribution in [2.75, 3.05) is 0 Å². The number of ether oxygens (including phenoxy) is 1. The van der Waals surface area contributed by atoms with Gasteiger partial charge in [-0.05, 0) is 46.6 Å². The van der Waals surface area contributed by atoms with E-state index in [9.17, 15) is 4.79 Å².